The van der Waals surface area contributed by atoms with Crippen LogP contribution in [0.1, 0.15) is 41.7 Å². The van der Waals surface area contributed by atoms with E-state index in [1.807, 2.05) is 6.92 Å². The summed E-state index contributed by atoms with van der Waals surface area (Å²) in [6.45, 7) is 1.84. The molecule has 2 aromatic rings. The van der Waals surface area contributed by atoms with Crippen LogP contribution >= 0.6 is 0 Å². The highest BCUT2D eigenvalue weighted by atomic mass is 19.1. The lowest BCUT2D eigenvalue weighted by molar-refractivity contribution is 0.100. The Kier molecular flexibility index (Phi) is 5.32. The number of hydrogen-bond donors (Lipinski definition) is 4. The lowest BCUT2D eigenvalue weighted by Crippen LogP contribution is -2.43. The van der Waals surface area contributed by atoms with E-state index in [1.54, 1.807) is 18.3 Å². The molecule has 2 aromatic heterocycles. The maximum absolute atomic E-state index is 14.5. The molecule has 1 fully saturated rings. The third kappa shape index (κ3) is 4.08. The average Bonchev–Trinajstić information content (AvgIpc) is 2.59. The molecule has 1 unspecified atom stereocenters. The number of rotatable bonds is 5. The van der Waals surface area contributed by atoms with E-state index in [0.717, 1.165) is 37.4 Å². The summed E-state index contributed by atoms with van der Waals surface area (Å²) in [4.78, 5) is 20.1. The van der Waals surface area contributed by atoms with E-state index >= 15 is 0 Å². The van der Waals surface area contributed by atoms with Gasteiger partial charge in [0.25, 0.3) is 5.91 Å². The van der Waals surface area contributed by atoms with Gasteiger partial charge < -0.3 is 22.1 Å². The third-order valence-electron chi connectivity index (χ3n) is 4.54. The number of aryl methyl sites for hydroxylation is 1. The predicted molar refractivity (Wildman–Crippen MR) is 98.8 cm³/mol. The van der Waals surface area contributed by atoms with Crippen molar-refractivity contribution in [3.8, 4) is 0 Å². The smallest absolute Gasteiger partial charge is 0.252 e. The lowest BCUT2D eigenvalue weighted by atomic mass is 9.91. The summed E-state index contributed by atoms with van der Waals surface area (Å²) in [6, 6.07) is 4.51. The Morgan fingerprint density at radius 1 is 1.27 bits per heavy atom. The highest BCUT2D eigenvalue weighted by Crippen LogP contribution is 2.26. The van der Waals surface area contributed by atoms with Crippen molar-refractivity contribution in [3.63, 3.8) is 0 Å². The average molecular weight is 358 g/mol. The number of hydrogen-bond acceptors (Lipinski definition) is 6. The summed E-state index contributed by atoms with van der Waals surface area (Å²) in [5.41, 5.74) is 13.0. The van der Waals surface area contributed by atoms with Crippen molar-refractivity contribution >= 4 is 23.2 Å². The Morgan fingerprint density at radius 3 is 2.73 bits per heavy atom. The molecule has 2 heterocycles. The number of nitrogens with two attached hydrogens (primary N) is 2. The molecule has 6 N–H and O–H groups in total. The van der Waals surface area contributed by atoms with Gasteiger partial charge in [0.15, 0.2) is 11.6 Å². The Balaban J connectivity index is 1.92. The van der Waals surface area contributed by atoms with Crippen molar-refractivity contribution < 1.29 is 9.18 Å². The van der Waals surface area contributed by atoms with E-state index in [0.29, 0.717) is 5.69 Å². The van der Waals surface area contributed by atoms with Crippen LogP contribution in [0.15, 0.2) is 24.4 Å². The topological polar surface area (TPSA) is 119 Å². The molecule has 0 aromatic carbocycles. The van der Waals surface area contributed by atoms with Gasteiger partial charge in [-0.2, -0.15) is 0 Å². The quantitative estimate of drug-likeness (QED) is 0.652. The van der Waals surface area contributed by atoms with Crippen molar-refractivity contribution in [2.24, 2.45) is 11.5 Å². The molecule has 138 valence electrons. The van der Waals surface area contributed by atoms with Gasteiger partial charge in [-0.05, 0) is 38.0 Å². The number of nitrogens with zero attached hydrogens (tertiary/aromatic N) is 2. The maximum atomic E-state index is 14.5. The number of primary amides is 1. The first kappa shape index (κ1) is 18.1. The van der Waals surface area contributed by atoms with E-state index in [2.05, 4.69) is 20.6 Å². The molecule has 1 aliphatic rings. The normalized spacial score (nSPS) is 19.8. The molecular formula is C18H23FN6O. The van der Waals surface area contributed by atoms with Crippen molar-refractivity contribution in [3.05, 3.63) is 41.5 Å². The molecule has 1 saturated carbocycles. The van der Waals surface area contributed by atoms with E-state index < -0.39 is 11.7 Å². The summed E-state index contributed by atoms with van der Waals surface area (Å²) in [7, 11) is 0. The second-order valence-electron chi connectivity index (χ2n) is 6.59. The number of nitrogens with one attached hydrogen (secondary N) is 2. The monoisotopic (exact) mass is 358 g/mol. The van der Waals surface area contributed by atoms with E-state index in [4.69, 9.17) is 11.5 Å². The SMILES string of the molecule is Cc1cc(Nc2nc(N[C@@H]3CCCCC3N)c(F)cc2C(N)=O)ccn1. The molecule has 0 aliphatic heterocycles. The molecule has 8 heteroatoms. The zero-order valence-electron chi connectivity index (χ0n) is 14.6. The summed E-state index contributed by atoms with van der Waals surface area (Å²) in [6.07, 6.45) is 5.48. The molecule has 26 heavy (non-hydrogen) atoms. The predicted octanol–water partition coefficient (Wildman–Crippen LogP) is 2.45. The highest BCUT2D eigenvalue weighted by Gasteiger charge is 2.24. The van der Waals surface area contributed by atoms with Crippen molar-refractivity contribution in [2.45, 2.75) is 44.7 Å². The van der Waals surface area contributed by atoms with E-state index in [1.165, 1.54) is 0 Å². The standard InChI is InChI=1S/C18H23FN6O/c1-10-8-11(6-7-22-10)23-17-12(16(21)26)9-13(19)18(25-17)24-15-5-3-2-4-14(15)20/h6-9,14-15H,2-5,20H2,1H3,(H2,21,26)(H2,22,23,24,25)/t14?,15-/m1/s1. The van der Waals surface area contributed by atoms with Gasteiger partial charge in [0, 0.05) is 29.7 Å². The van der Waals surface area contributed by atoms with Gasteiger partial charge in [-0.3, -0.25) is 9.78 Å². The third-order valence-corrected chi connectivity index (χ3v) is 4.54. The van der Waals surface area contributed by atoms with Crippen LogP contribution in [0.2, 0.25) is 0 Å². The van der Waals surface area contributed by atoms with E-state index in [9.17, 15) is 9.18 Å². The molecule has 0 saturated heterocycles. The van der Waals surface area contributed by atoms with Crippen molar-refractivity contribution in [1.29, 1.82) is 0 Å². The largest absolute Gasteiger partial charge is 0.365 e. The molecule has 7 nitrogen and oxygen atoms in total. The number of halogens is 1. The fourth-order valence-electron chi connectivity index (χ4n) is 3.15. The van der Waals surface area contributed by atoms with Gasteiger partial charge in [-0.25, -0.2) is 9.37 Å². The summed E-state index contributed by atoms with van der Waals surface area (Å²) < 4.78 is 14.5. The summed E-state index contributed by atoms with van der Waals surface area (Å²) >= 11 is 0. The second-order valence-corrected chi connectivity index (χ2v) is 6.59. The Bertz CT molecular complexity index is 812. The Hall–Kier alpha value is -2.74. The van der Waals surface area contributed by atoms with Gasteiger partial charge in [0.05, 0.1) is 5.56 Å². The maximum Gasteiger partial charge on any atom is 0.252 e. The minimum absolute atomic E-state index is 0.0181. The van der Waals surface area contributed by atoms with Crippen LogP contribution in [0.5, 0.6) is 0 Å². The van der Waals surface area contributed by atoms with Crippen LogP contribution in [0.4, 0.5) is 21.7 Å². The number of anilines is 3. The van der Waals surface area contributed by atoms with Crippen LogP contribution < -0.4 is 22.1 Å². The minimum atomic E-state index is -0.759. The Morgan fingerprint density at radius 2 is 2.04 bits per heavy atom. The first-order valence-corrected chi connectivity index (χ1v) is 8.66. The molecule has 2 atom stereocenters. The first-order valence-electron chi connectivity index (χ1n) is 8.66. The fourth-order valence-corrected chi connectivity index (χ4v) is 3.15. The zero-order chi connectivity index (χ0) is 18.7. The number of carbonyl (C=O) groups is 1. The Labute approximate surface area is 151 Å². The van der Waals surface area contributed by atoms with Crippen LogP contribution in [-0.4, -0.2) is 28.0 Å². The van der Waals surface area contributed by atoms with Crippen LogP contribution in [0.3, 0.4) is 0 Å². The summed E-state index contributed by atoms with van der Waals surface area (Å²) in [5.74, 6) is -1.14. The molecule has 0 radical (unpaired) electrons. The van der Waals surface area contributed by atoms with E-state index in [-0.39, 0.29) is 29.3 Å². The number of carbonyl (C=O) groups excluding carboxylic acids is 1. The molecule has 0 bridgehead atoms. The molecule has 3 rings (SSSR count). The zero-order valence-corrected chi connectivity index (χ0v) is 14.6. The minimum Gasteiger partial charge on any atom is -0.365 e. The number of aromatic nitrogens is 2. The first-order chi connectivity index (χ1) is 12.4. The van der Waals surface area contributed by atoms with Crippen LogP contribution in [-0.2, 0) is 0 Å². The fraction of sp³-hybridized carbons (Fsp3) is 0.389. The van der Waals surface area contributed by atoms with Gasteiger partial charge in [0.2, 0.25) is 0 Å². The van der Waals surface area contributed by atoms with Gasteiger partial charge >= 0.3 is 0 Å². The lowest BCUT2D eigenvalue weighted by Gasteiger charge is -2.30. The number of pyridine rings is 2. The molecule has 0 spiro atoms. The van der Waals surface area contributed by atoms with Crippen molar-refractivity contribution in [2.75, 3.05) is 10.6 Å². The van der Waals surface area contributed by atoms with Gasteiger partial charge in [0.1, 0.15) is 5.82 Å². The molecule has 1 aliphatic carbocycles. The second kappa shape index (κ2) is 7.65. The van der Waals surface area contributed by atoms with Gasteiger partial charge in [-0.1, -0.05) is 12.8 Å². The van der Waals surface area contributed by atoms with Crippen LogP contribution in [0, 0.1) is 12.7 Å². The summed E-state index contributed by atoms with van der Waals surface area (Å²) in [5, 5.41) is 6.11. The molecule has 1 amide bonds. The van der Waals surface area contributed by atoms with Crippen molar-refractivity contribution in [1.82, 2.24) is 9.97 Å². The van der Waals surface area contributed by atoms with Gasteiger partial charge in [-0.15, -0.1) is 0 Å². The highest BCUT2D eigenvalue weighted by molar-refractivity contribution is 5.98. The number of amides is 1. The molecular weight excluding hydrogens is 335 g/mol. The van der Waals surface area contributed by atoms with Crippen LogP contribution in [0.25, 0.3) is 0 Å².